The van der Waals surface area contributed by atoms with Gasteiger partial charge < -0.3 is 14.4 Å². The summed E-state index contributed by atoms with van der Waals surface area (Å²) >= 11 is 0. The number of alkyl halides is 2. The summed E-state index contributed by atoms with van der Waals surface area (Å²) in [7, 11) is 3.20. The molecule has 0 saturated heterocycles. The summed E-state index contributed by atoms with van der Waals surface area (Å²) < 4.78 is 34.1. The van der Waals surface area contributed by atoms with E-state index in [1.165, 1.54) is 25.7 Å². The van der Waals surface area contributed by atoms with Crippen LogP contribution in [0.15, 0.2) is 24.3 Å². The van der Waals surface area contributed by atoms with Gasteiger partial charge in [-0.25, -0.2) is 0 Å². The summed E-state index contributed by atoms with van der Waals surface area (Å²) in [6.07, 6.45) is 8.80. The van der Waals surface area contributed by atoms with Crippen LogP contribution in [0.1, 0.15) is 37.7 Å². The van der Waals surface area contributed by atoms with Crippen LogP contribution < -0.4 is 9.47 Å². The quantitative estimate of drug-likeness (QED) is 0.733. The molecule has 0 bridgehead atoms. The Kier molecular flexibility index (Phi) is 6.58. The standard InChI is InChI=1S/C18H23F2NO3/c1-21(14-6-4-3-5-7-14)17(22)11-9-13-8-10-15(24-18(19)20)16(12-13)23-2/h8-12,14,18H,3-7H2,1-2H3. The summed E-state index contributed by atoms with van der Waals surface area (Å²) in [5.74, 6) is 0.106. The average Bonchev–Trinajstić information content (AvgIpc) is 2.60. The molecule has 0 radical (unpaired) electrons. The molecule has 24 heavy (non-hydrogen) atoms. The molecule has 0 unspecified atom stereocenters. The smallest absolute Gasteiger partial charge is 0.387 e. The molecule has 0 atom stereocenters. The van der Waals surface area contributed by atoms with Gasteiger partial charge in [-0.05, 0) is 36.6 Å². The Morgan fingerprint density at radius 1 is 1.25 bits per heavy atom. The van der Waals surface area contributed by atoms with Crippen LogP contribution in [-0.4, -0.2) is 37.6 Å². The summed E-state index contributed by atoms with van der Waals surface area (Å²) in [6, 6.07) is 4.86. The Hall–Kier alpha value is -2.11. The van der Waals surface area contributed by atoms with Gasteiger partial charge in [0, 0.05) is 19.2 Å². The van der Waals surface area contributed by atoms with E-state index in [-0.39, 0.29) is 17.4 Å². The number of halogens is 2. The maximum absolute atomic E-state index is 12.3. The molecule has 1 aromatic carbocycles. The lowest BCUT2D eigenvalue weighted by Gasteiger charge is -2.30. The fourth-order valence-corrected chi connectivity index (χ4v) is 2.91. The van der Waals surface area contributed by atoms with E-state index in [9.17, 15) is 13.6 Å². The maximum atomic E-state index is 12.3. The lowest BCUT2D eigenvalue weighted by atomic mass is 9.94. The second kappa shape index (κ2) is 8.66. The molecule has 2 rings (SSSR count). The van der Waals surface area contributed by atoms with Crippen molar-refractivity contribution >= 4 is 12.0 Å². The molecular weight excluding hydrogens is 316 g/mol. The number of hydrogen-bond donors (Lipinski definition) is 0. The van der Waals surface area contributed by atoms with Crippen LogP contribution >= 0.6 is 0 Å². The van der Waals surface area contributed by atoms with Crippen molar-refractivity contribution in [2.45, 2.75) is 44.8 Å². The number of methoxy groups -OCH3 is 1. The number of likely N-dealkylation sites (N-methyl/N-ethyl adjacent to an activating group) is 1. The van der Waals surface area contributed by atoms with Crippen molar-refractivity contribution in [3.05, 3.63) is 29.8 Å². The fraction of sp³-hybridized carbons (Fsp3) is 0.500. The van der Waals surface area contributed by atoms with Crippen molar-refractivity contribution in [3.8, 4) is 11.5 Å². The molecule has 0 aromatic heterocycles. The lowest BCUT2D eigenvalue weighted by Crippen LogP contribution is -2.37. The number of hydrogen-bond acceptors (Lipinski definition) is 3. The molecule has 0 heterocycles. The summed E-state index contributed by atoms with van der Waals surface area (Å²) in [5.41, 5.74) is 0.680. The third-order valence-electron chi connectivity index (χ3n) is 4.29. The highest BCUT2D eigenvalue weighted by Gasteiger charge is 2.20. The van der Waals surface area contributed by atoms with E-state index >= 15 is 0 Å². The number of amides is 1. The van der Waals surface area contributed by atoms with Crippen LogP contribution in [0.5, 0.6) is 11.5 Å². The van der Waals surface area contributed by atoms with Crippen LogP contribution in [0.3, 0.4) is 0 Å². The first-order valence-corrected chi connectivity index (χ1v) is 8.09. The van der Waals surface area contributed by atoms with E-state index in [4.69, 9.17) is 4.74 Å². The fourth-order valence-electron chi connectivity index (χ4n) is 2.91. The van der Waals surface area contributed by atoms with Crippen LogP contribution in [-0.2, 0) is 4.79 Å². The van der Waals surface area contributed by atoms with Crippen LogP contribution in [0.4, 0.5) is 8.78 Å². The van der Waals surface area contributed by atoms with E-state index in [1.807, 2.05) is 7.05 Å². The van der Waals surface area contributed by atoms with Gasteiger partial charge in [-0.15, -0.1) is 0 Å². The van der Waals surface area contributed by atoms with Gasteiger partial charge in [0.05, 0.1) is 7.11 Å². The highest BCUT2D eigenvalue weighted by molar-refractivity contribution is 5.91. The molecule has 6 heteroatoms. The number of carbonyl (C=O) groups excluding carboxylic acids is 1. The van der Waals surface area contributed by atoms with Gasteiger partial charge in [-0.2, -0.15) is 8.78 Å². The molecule has 132 valence electrons. The minimum atomic E-state index is -2.91. The van der Waals surface area contributed by atoms with Crippen LogP contribution in [0, 0.1) is 0 Å². The Bertz CT molecular complexity index is 584. The van der Waals surface area contributed by atoms with Gasteiger partial charge in [0.15, 0.2) is 11.5 Å². The number of carbonyl (C=O) groups is 1. The second-order valence-corrected chi connectivity index (χ2v) is 5.86. The van der Waals surface area contributed by atoms with E-state index in [1.54, 1.807) is 23.1 Å². The highest BCUT2D eigenvalue weighted by Crippen LogP contribution is 2.30. The highest BCUT2D eigenvalue weighted by atomic mass is 19.3. The Balaban J connectivity index is 2.03. The number of benzene rings is 1. The summed E-state index contributed by atoms with van der Waals surface area (Å²) in [4.78, 5) is 14.0. The average molecular weight is 339 g/mol. The SMILES string of the molecule is COc1cc(C=CC(=O)N(C)C2CCCCC2)ccc1OC(F)F. The first kappa shape index (κ1) is 18.2. The topological polar surface area (TPSA) is 38.8 Å². The zero-order chi connectivity index (χ0) is 17.5. The van der Waals surface area contributed by atoms with Crippen molar-refractivity contribution in [2.75, 3.05) is 14.2 Å². The number of rotatable bonds is 6. The Morgan fingerprint density at radius 3 is 2.58 bits per heavy atom. The van der Waals surface area contributed by atoms with E-state index in [2.05, 4.69) is 4.74 Å². The van der Waals surface area contributed by atoms with Gasteiger partial charge in [-0.3, -0.25) is 4.79 Å². The van der Waals surface area contributed by atoms with E-state index in [0.717, 1.165) is 25.7 Å². The Labute approximate surface area is 141 Å². The normalized spacial score (nSPS) is 15.7. The number of ether oxygens (including phenoxy) is 2. The molecule has 4 nitrogen and oxygen atoms in total. The molecule has 1 fully saturated rings. The second-order valence-electron chi connectivity index (χ2n) is 5.86. The Morgan fingerprint density at radius 2 is 1.96 bits per heavy atom. The molecular formula is C18H23F2NO3. The summed E-state index contributed by atoms with van der Waals surface area (Å²) in [5, 5.41) is 0. The predicted molar refractivity (Wildman–Crippen MR) is 88.3 cm³/mol. The molecule has 1 amide bonds. The van der Waals surface area contributed by atoms with Crippen molar-refractivity contribution in [2.24, 2.45) is 0 Å². The molecule has 1 saturated carbocycles. The first-order chi connectivity index (χ1) is 11.5. The third-order valence-corrected chi connectivity index (χ3v) is 4.29. The minimum Gasteiger partial charge on any atom is -0.493 e. The van der Waals surface area contributed by atoms with Crippen molar-refractivity contribution in [1.82, 2.24) is 4.90 Å². The molecule has 0 N–H and O–H groups in total. The van der Waals surface area contributed by atoms with Gasteiger partial charge in [0.2, 0.25) is 5.91 Å². The van der Waals surface area contributed by atoms with Gasteiger partial charge >= 0.3 is 6.61 Å². The zero-order valence-electron chi connectivity index (χ0n) is 14.0. The van der Waals surface area contributed by atoms with Crippen LogP contribution in [0.25, 0.3) is 6.08 Å². The van der Waals surface area contributed by atoms with Crippen molar-refractivity contribution in [1.29, 1.82) is 0 Å². The maximum Gasteiger partial charge on any atom is 0.387 e. The molecule has 1 aliphatic rings. The van der Waals surface area contributed by atoms with Crippen LogP contribution in [0.2, 0.25) is 0 Å². The molecule has 0 aliphatic heterocycles. The molecule has 0 spiro atoms. The van der Waals surface area contributed by atoms with Gasteiger partial charge in [0.1, 0.15) is 0 Å². The van der Waals surface area contributed by atoms with E-state index in [0.29, 0.717) is 11.6 Å². The lowest BCUT2D eigenvalue weighted by molar-refractivity contribution is -0.127. The third kappa shape index (κ3) is 4.94. The van der Waals surface area contributed by atoms with Gasteiger partial charge in [0.25, 0.3) is 0 Å². The molecule has 1 aromatic rings. The number of nitrogens with zero attached hydrogens (tertiary/aromatic N) is 1. The van der Waals surface area contributed by atoms with Gasteiger partial charge in [-0.1, -0.05) is 25.3 Å². The molecule has 1 aliphatic carbocycles. The van der Waals surface area contributed by atoms with Crippen molar-refractivity contribution < 1.29 is 23.0 Å². The first-order valence-electron chi connectivity index (χ1n) is 8.09. The summed E-state index contributed by atoms with van der Waals surface area (Å²) in [6.45, 7) is -2.91. The largest absolute Gasteiger partial charge is 0.493 e. The zero-order valence-corrected chi connectivity index (χ0v) is 14.0. The van der Waals surface area contributed by atoms with Crippen molar-refractivity contribution in [3.63, 3.8) is 0 Å². The minimum absolute atomic E-state index is 0.0321. The predicted octanol–water partition coefficient (Wildman–Crippen LogP) is 4.10. The van der Waals surface area contributed by atoms with E-state index < -0.39 is 6.61 Å². The monoisotopic (exact) mass is 339 g/mol.